The Kier molecular flexibility index (Phi) is 6.90. The minimum absolute atomic E-state index is 0.108. The van der Waals surface area contributed by atoms with Crippen LogP contribution in [0.1, 0.15) is 17.3 Å². The van der Waals surface area contributed by atoms with E-state index in [-0.39, 0.29) is 5.91 Å². The smallest absolute Gasteiger partial charge is 0.340 e. The molecule has 0 bridgehead atoms. The zero-order valence-corrected chi connectivity index (χ0v) is 16.7. The number of benzene rings is 2. The fourth-order valence-electron chi connectivity index (χ4n) is 3.33. The van der Waals surface area contributed by atoms with Crippen molar-refractivity contribution in [2.75, 3.05) is 49.5 Å². The first-order chi connectivity index (χ1) is 13.6. The molecule has 0 saturated carbocycles. The van der Waals surface area contributed by atoms with E-state index in [1.54, 1.807) is 31.2 Å². The van der Waals surface area contributed by atoms with Crippen LogP contribution in [0, 0.1) is 0 Å². The van der Waals surface area contributed by atoms with Crippen molar-refractivity contribution >= 4 is 34.9 Å². The molecule has 0 unspecified atom stereocenters. The number of carbonyl (C=O) groups excluding carboxylic acids is 2. The molecule has 1 heterocycles. The maximum atomic E-state index is 12.5. The van der Waals surface area contributed by atoms with Crippen LogP contribution >= 0.6 is 11.6 Å². The number of para-hydroxylation sites is 1. The van der Waals surface area contributed by atoms with Crippen LogP contribution in [0.4, 0.5) is 11.4 Å². The van der Waals surface area contributed by atoms with Gasteiger partial charge in [0.2, 0.25) is 0 Å². The number of quaternary nitrogens is 1. The minimum atomic E-state index is -0.430. The highest BCUT2D eigenvalue weighted by molar-refractivity contribution is 6.30. The van der Waals surface area contributed by atoms with Gasteiger partial charge in [-0.05, 0) is 37.3 Å². The van der Waals surface area contributed by atoms with E-state index in [0.717, 1.165) is 36.9 Å². The number of hydrogen-bond donors (Lipinski definition) is 2. The SMILES string of the molecule is CCOC(=O)c1ccccc1NC(=O)C[NH+]1CCN(c2cccc(Cl)c2)CC1. The van der Waals surface area contributed by atoms with E-state index in [1.807, 2.05) is 18.2 Å². The number of rotatable bonds is 6. The van der Waals surface area contributed by atoms with Gasteiger partial charge in [-0.2, -0.15) is 0 Å². The second-order valence-electron chi connectivity index (χ2n) is 6.71. The van der Waals surface area contributed by atoms with Gasteiger partial charge in [-0.1, -0.05) is 29.8 Å². The van der Waals surface area contributed by atoms with Gasteiger partial charge in [-0.3, -0.25) is 4.79 Å². The molecule has 2 aromatic carbocycles. The van der Waals surface area contributed by atoms with Crippen LogP contribution in [-0.2, 0) is 9.53 Å². The Bertz CT molecular complexity index is 835. The Morgan fingerprint density at radius 3 is 2.61 bits per heavy atom. The largest absolute Gasteiger partial charge is 0.462 e. The highest BCUT2D eigenvalue weighted by Gasteiger charge is 2.23. The molecule has 28 heavy (non-hydrogen) atoms. The molecule has 1 aliphatic rings. The van der Waals surface area contributed by atoms with E-state index < -0.39 is 5.97 Å². The van der Waals surface area contributed by atoms with Crippen molar-refractivity contribution in [3.8, 4) is 0 Å². The minimum Gasteiger partial charge on any atom is -0.462 e. The summed E-state index contributed by atoms with van der Waals surface area (Å²) in [5.74, 6) is -0.538. The molecular formula is C21H25ClN3O3+. The van der Waals surface area contributed by atoms with Gasteiger partial charge in [0.05, 0.1) is 44.0 Å². The maximum Gasteiger partial charge on any atom is 0.340 e. The van der Waals surface area contributed by atoms with Gasteiger partial charge >= 0.3 is 5.97 Å². The van der Waals surface area contributed by atoms with Gasteiger partial charge in [-0.15, -0.1) is 0 Å². The summed E-state index contributed by atoms with van der Waals surface area (Å²) in [6.07, 6.45) is 0. The molecule has 7 heteroatoms. The van der Waals surface area contributed by atoms with E-state index in [2.05, 4.69) is 16.3 Å². The molecule has 1 saturated heterocycles. The second kappa shape index (κ2) is 9.57. The zero-order chi connectivity index (χ0) is 19.9. The van der Waals surface area contributed by atoms with Crippen LogP contribution in [0.3, 0.4) is 0 Å². The molecule has 0 radical (unpaired) electrons. The first-order valence-corrected chi connectivity index (χ1v) is 9.84. The highest BCUT2D eigenvalue weighted by Crippen LogP contribution is 2.19. The van der Waals surface area contributed by atoms with Crippen LogP contribution in [0.5, 0.6) is 0 Å². The normalized spacial score (nSPS) is 14.6. The third-order valence-electron chi connectivity index (χ3n) is 4.75. The summed E-state index contributed by atoms with van der Waals surface area (Å²) in [7, 11) is 0. The lowest BCUT2D eigenvalue weighted by atomic mass is 10.1. The number of esters is 1. The quantitative estimate of drug-likeness (QED) is 0.724. The maximum absolute atomic E-state index is 12.5. The van der Waals surface area contributed by atoms with Crippen molar-refractivity contribution in [2.45, 2.75) is 6.92 Å². The summed E-state index contributed by atoms with van der Waals surface area (Å²) in [5.41, 5.74) is 1.97. The molecule has 0 atom stereocenters. The summed E-state index contributed by atoms with van der Waals surface area (Å²) >= 11 is 6.08. The van der Waals surface area contributed by atoms with Crippen LogP contribution in [0.25, 0.3) is 0 Å². The Balaban J connectivity index is 1.53. The van der Waals surface area contributed by atoms with Crippen LogP contribution in [0.15, 0.2) is 48.5 Å². The highest BCUT2D eigenvalue weighted by atomic mass is 35.5. The lowest BCUT2D eigenvalue weighted by Crippen LogP contribution is -3.15. The molecule has 6 nitrogen and oxygen atoms in total. The van der Waals surface area contributed by atoms with E-state index in [0.29, 0.717) is 24.4 Å². The molecule has 0 aromatic heterocycles. The van der Waals surface area contributed by atoms with Gasteiger partial charge in [0, 0.05) is 10.7 Å². The number of nitrogens with one attached hydrogen (secondary N) is 2. The summed E-state index contributed by atoms with van der Waals surface area (Å²) in [5, 5.41) is 3.58. The molecule has 0 aliphatic carbocycles. The van der Waals surface area contributed by atoms with Crippen molar-refractivity contribution in [2.24, 2.45) is 0 Å². The number of ether oxygens (including phenoxy) is 1. The molecule has 2 aromatic rings. The number of anilines is 2. The molecule has 148 valence electrons. The summed E-state index contributed by atoms with van der Waals surface area (Å²) < 4.78 is 5.05. The zero-order valence-electron chi connectivity index (χ0n) is 15.9. The van der Waals surface area contributed by atoms with Crippen molar-refractivity contribution in [3.63, 3.8) is 0 Å². The number of hydrogen-bond acceptors (Lipinski definition) is 4. The monoisotopic (exact) mass is 402 g/mol. The summed E-state index contributed by atoms with van der Waals surface area (Å²) in [6, 6.07) is 14.7. The van der Waals surface area contributed by atoms with Crippen molar-refractivity contribution in [3.05, 3.63) is 59.1 Å². The topological polar surface area (TPSA) is 63.1 Å². The van der Waals surface area contributed by atoms with E-state index in [1.165, 1.54) is 4.90 Å². The first-order valence-electron chi connectivity index (χ1n) is 9.47. The number of nitrogens with zero attached hydrogens (tertiary/aromatic N) is 1. The lowest BCUT2D eigenvalue weighted by molar-refractivity contribution is -0.892. The standard InChI is InChI=1S/C21H24ClN3O3/c1-2-28-21(27)18-8-3-4-9-19(18)23-20(26)15-24-10-12-25(13-11-24)17-7-5-6-16(22)14-17/h3-9,14H,2,10-13,15H2,1H3,(H,23,26)/p+1. The molecule has 1 aliphatic heterocycles. The van der Waals surface area contributed by atoms with Gasteiger partial charge in [-0.25, -0.2) is 4.79 Å². The molecule has 1 fully saturated rings. The Hall–Kier alpha value is -2.57. The molecule has 2 N–H and O–H groups in total. The summed E-state index contributed by atoms with van der Waals surface area (Å²) in [6.45, 7) is 5.86. The third-order valence-corrected chi connectivity index (χ3v) is 4.99. The number of carbonyl (C=O) groups is 2. The number of piperazine rings is 1. The molecular weight excluding hydrogens is 378 g/mol. The first kappa shape index (κ1) is 20.2. The average molecular weight is 403 g/mol. The lowest BCUT2D eigenvalue weighted by Gasteiger charge is -2.33. The second-order valence-corrected chi connectivity index (χ2v) is 7.14. The Morgan fingerprint density at radius 1 is 1.14 bits per heavy atom. The predicted molar refractivity (Wildman–Crippen MR) is 110 cm³/mol. The number of amides is 1. The average Bonchev–Trinajstić information content (AvgIpc) is 2.69. The van der Waals surface area contributed by atoms with E-state index in [4.69, 9.17) is 16.3 Å². The summed E-state index contributed by atoms with van der Waals surface area (Å²) in [4.78, 5) is 28.0. The Labute approximate surface area is 170 Å². The fourth-order valence-corrected chi connectivity index (χ4v) is 3.52. The van der Waals surface area contributed by atoms with Crippen LogP contribution in [0.2, 0.25) is 5.02 Å². The van der Waals surface area contributed by atoms with Gasteiger partial charge in [0.1, 0.15) is 0 Å². The van der Waals surface area contributed by atoms with Crippen molar-refractivity contribution in [1.82, 2.24) is 0 Å². The van der Waals surface area contributed by atoms with E-state index in [9.17, 15) is 9.59 Å². The molecule has 1 amide bonds. The predicted octanol–water partition coefficient (Wildman–Crippen LogP) is 1.86. The van der Waals surface area contributed by atoms with Gasteiger partial charge < -0.3 is 19.9 Å². The van der Waals surface area contributed by atoms with Gasteiger partial charge in [0.15, 0.2) is 6.54 Å². The van der Waals surface area contributed by atoms with E-state index >= 15 is 0 Å². The third kappa shape index (κ3) is 5.24. The van der Waals surface area contributed by atoms with Crippen molar-refractivity contribution < 1.29 is 19.2 Å². The Morgan fingerprint density at radius 2 is 1.89 bits per heavy atom. The van der Waals surface area contributed by atoms with Crippen LogP contribution in [-0.4, -0.2) is 51.2 Å². The number of halogens is 1. The fraction of sp³-hybridized carbons (Fsp3) is 0.333. The van der Waals surface area contributed by atoms with Crippen molar-refractivity contribution in [1.29, 1.82) is 0 Å². The molecule has 3 rings (SSSR count). The van der Waals surface area contributed by atoms with Gasteiger partial charge in [0.25, 0.3) is 5.91 Å². The molecule has 0 spiro atoms. The van der Waals surface area contributed by atoms with Crippen LogP contribution < -0.4 is 15.1 Å².